The second-order valence-corrected chi connectivity index (χ2v) is 5.87. The molecule has 1 N–H and O–H groups in total. The molecule has 0 aliphatic heterocycles. The second-order valence-electron chi connectivity index (χ2n) is 5.87. The molecule has 1 aromatic heterocycles. The fraction of sp³-hybridized carbons (Fsp3) is 0.143. The Bertz CT molecular complexity index is 885. The molecular weight excluding hydrogens is 344 g/mol. The summed E-state index contributed by atoms with van der Waals surface area (Å²) in [7, 11) is 1.30. The number of amides is 1. The zero-order valence-corrected chi connectivity index (χ0v) is 14.9. The predicted octanol–water partition coefficient (Wildman–Crippen LogP) is 3.21. The Kier molecular flexibility index (Phi) is 5.89. The average Bonchev–Trinajstić information content (AvgIpc) is 3.22. The van der Waals surface area contributed by atoms with Crippen LogP contribution in [0.1, 0.15) is 5.56 Å². The van der Waals surface area contributed by atoms with E-state index in [1.807, 2.05) is 53.4 Å². The van der Waals surface area contributed by atoms with Crippen molar-refractivity contribution in [2.45, 2.75) is 6.42 Å². The number of methoxy groups -OCH3 is 1. The number of aromatic nitrogens is 1. The number of nitrogens with one attached hydrogen (secondary N) is 1. The highest BCUT2D eigenvalue weighted by atomic mass is 16.6. The van der Waals surface area contributed by atoms with Crippen LogP contribution in [0, 0.1) is 0 Å². The van der Waals surface area contributed by atoms with Crippen molar-refractivity contribution in [3.8, 4) is 11.4 Å². The van der Waals surface area contributed by atoms with Crippen LogP contribution in [0.4, 0.5) is 5.69 Å². The van der Waals surface area contributed by atoms with Crippen molar-refractivity contribution in [1.82, 2.24) is 4.57 Å². The molecule has 27 heavy (non-hydrogen) atoms. The Morgan fingerprint density at radius 2 is 1.63 bits per heavy atom. The smallest absolute Gasteiger partial charge is 0.343 e. The van der Waals surface area contributed by atoms with Crippen molar-refractivity contribution >= 4 is 17.6 Å². The van der Waals surface area contributed by atoms with E-state index >= 15 is 0 Å². The van der Waals surface area contributed by atoms with E-state index in [-0.39, 0.29) is 18.9 Å². The topological polar surface area (TPSA) is 69.6 Å². The number of ether oxygens (including phenoxy) is 2. The van der Waals surface area contributed by atoms with Gasteiger partial charge in [-0.15, -0.1) is 0 Å². The van der Waals surface area contributed by atoms with E-state index in [4.69, 9.17) is 4.74 Å². The van der Waals surface area contributed by atoms with Gasteiger partial charge >= 0.3 is 5.97 Å². The lowest BCUT2D eigenvalue weighted by atomic mass is 10.1. The second kappa shape index (κ2) is 8.71. The van der Waals surface area contributed by atoms with Crippen LogP contribution in [0.3, 0.4) is 0 Å². The van der Waals surface area contributed by atoms with E-state index in [9.17, 15) is 9.59 Å². The highest BCUT2D eigenvalue weighted by molar-refractivity contribution is 5.92. The van der Waals surface area contributed by atoms with Gasteiger partial charge in [0, 0.05) is 23.8 Å². The minimum atomic E-state index is -0.449. The zero-order chi connectivity index (χ0) is 19.1. The lowest BCUT2D eigenvalue weighted by Crippen LogP contribution is -2.14. The maximum absolute atomic E-state index is 12.2. The predicted molar refractivity (Wildman–Crippen MR) is 102 cm³/mol. The molecule has 1 amide bonds. The summed E-state index contributed by atoms with van der Waals surface area (Å²) in [5, 5.41) is 2.84. The molecule has 0 aliphatic rings. The maximum atomic E-state index is 12.2. The third-order valence-corrected chi connectivity index (χ3v) is 3.93. The number of carbonyl (C=O) groups excluding carboxylic acids is 2. The fourth-order valence-electron chi connectivity index (χ4n) is 2.52. The Hall–Kier alpha value is -3.54. The first kappa shape index (κ1) is 18.3. The van der Waals surface area contributed by atoms with E-state index in [2.05, 4.69) is 10.1 Å². The summed E-state index contributed by atoms with van der Waals surface area (Å²) in [6, 6.07) is 18.6. The minimum absolute atomic E-state index is 0.105. The van der Waals surface area contributed by atoms with E-state index in [1.165, 1.54) is 7.11 Å². The minimum Gasteiger partial charge on any atom is -0.482 e. The van der Waals surface area contributed by atoms with Gasteiger partial charge in [-0.1, -0.05) is 12.1 Å². The number of esters is 1. The molecule has 6 nitrogen and oxygen atoms in total. The Morgan fingerprint density at radius 1 is 0.963 bits per heavy atom. The van der Waals surface area contributed by atoms with E-state index in [0.29, 0.717) is 11.4 Å². The monoisotopic (exact) mass is 364 g/mol. The van der Waals surface area contributed by atoms with Gasteiger partial charge in [0.1, 0.15) is 5.75 Å². The first-order valence-electron chi connectivity index (χ1n) is 8.46. The largest absolute Gasteiger partial charge is 0.482 e. The Labute approximate surface area is 157 Å². The van der Waals surface area contributed by atoms with Gasteiger partial charge < -0.3 is 19.4 Å². The van der Waals surface area contributed by atoms with E-state index in [1.54, 1.807) is 24.3 Å². The number of hydrogen-bond donors (Lipinski definition) is 1. The molecule has 6 heteroatoms. The van der Waals surface area contributed by atoms with Crippen LogP contribution in [0.5, 0.6) is 5.75 Å². The number of nitrogens with zero attached hydrogens (tertiary/aromatic N) is 1. The normalized spacial score (nSPS) is 10.3. The van der Waals surface area contributed by atoms with E-state index in [0.717, 1.165) is 11.3 Å². The number of hydrogen-bond acceptors (Lipinski definition) is 4. The zero-order valence-electron chi connectivity index (χ0n) is 14.9. The molecule has 0 radical (unpaired) electrons. The summed E-state index contributed by atoms with van der Waals surface area (Å²) < 4.78 is 11.8. The molecule has 1 heterocycles. The van der Waals surface area contributed by atoms with Gasteiger partial charge in [-0.25, -0.2) is 4.79 Å². The van der Waals surface area contributed by atoms with Gasteiger partial charge in [-0.05, 0) is 54.1 Å². The summed E-state index contributed by atoms with van der Waals surface area (Å²) >= 11 is 0. The molecule has 3 aromatic rings. The standard InChI is InChI=1S/C21H20N2O4/c1-26-21(25)15-27-19-10-6-17(7-11-19)22-20(24)14-16-4-8-18(9-5-16)23-12-2-3-13-23/h2-13H,14-15H2,1H3,(H,22,24). The first-order chi connectivity index (χ1) is 13.1. The van der Waals surface area contributed by atoms with Crippen molar-refractivity contribution in [1.29, 1.82) is 0 Å². The highest BCUT2D eigenvalue weighted by Gasteiger charge is 2.06. The van der Waals surface area contributed by atoms with Crippen LogP contribution in [0.25, 0.3) is 5.69 Å². The van der Waals surface area contributed by atoms with Crippen LogP contribution >= 0.6 is 0 Å². The third-order valence-electron chi connectivity index (χ3n) is 3.93. The lowest BCUT2D eigenvalue weighted by molar-refractivity contribution is -0.142. The molecule has 0 saturated carbocycles. The molecule has 138 valence electrons. The van der Waals surface area contributed by atoms with Crippen molar-refractivity contribution in [3.63, 3.8) is 0 Å². The van der Waals surface area contributed by atoms with E-state index < -0.39 is 5.97 Å². The molecule has 0 spiro atoms. The fourth-order valence-corrected chi connectivity index (χ4v) is 2.52. The van der Waals surface area contributed by atoms with Gasteiger partial charge in [0.25, 0.3) is 0 Å². The van der Waals surface area contributed by atoms with Crippen molar-refractivity contribution in [2.75, 3.05) is 19.0 Å². The summed E-state index contributed by atoms with van der Waals surface area (Å²) in [6.07, 6.45) is 4.23. The van der Waals surface area contributed by atoms with Crippen molar-refractivity contribution in [2.24, 2.45) is 0 Å². The van der Waals surface area contributed by atoms with Gasteiger partial charge in [0.05, 0.1) is 13.5 Å². The molecule has 0 bridgehead atoms. The average molecular weight is 364 g/mol. The molecule has 0 fully saturated rings. The molecule has 3 rings (SSSR count). The molecule has 0 atom stereocenters. The molecule has 2 aromatic carbocycles. The van der Waals surface area contributed by atoms with Crippen molar-refractivity contribution in [3.05, 3.63) is 78.6 Å². The summed E-state index contributed by atoms with van der Waals surface area (Å²) in [5.41, 5.74) is 2.64. The first-order valence-corrected chi connectivity index (χ1v) is 8.46. The van der Waals surface area contributed by atoms with Gasteiger partial charge in [-0.2, -0.15) is 0 Å². The lowest BCUT2D eigenvalue weighted by Gasteiger charge is -2.08. The van der Waals surface area contributed by atoms with Gasteiger partial charge in [0.2, 0.25) is 5.91 Å². The number of rotatable bonds is 7. The molecule has 0 unspecified atom stereocenters. The number of anilines is 1. The molecule has 0 aliphatic carbocycles. The van der Waals surface area contributed by atoms with Gasteiger partial charge in [-0.3, -0.25) is 4.79 Å². The summed E-state index contributed by atoms with van der Waals surface area (Å²) in [5.74, 6) is -0.0267. The Balaban J connectivity index is 1.52. The van der Waals surface area contributed by atoms with Gasteiger partial charge in [0.15, 0.2) is 6.61 Å². The molecule has 0 saturated heterocycles. The third kappa shape index (κ3) is 5.22. The van der Waals surface area contributed by atoms with Crippen LogP contribution in [-0.4, -0.2) is 30.2 Å². The number of carbonyl (C=O) groups is 2. The van der Waals surface area contributed by atoms with Crippen molar-refractivity contribution < 1.29 is 19.1 Å². The summed E-state index contributed by atoms with van der Waals surface area (Å²) in [6.45, 7) is -0.152. The summed E-state index contributed by atoms with van der Waals surface area (Å²) in [4.78, 5) is 23.3. The molecular formula is C21H20N2O4. The van der Waals surface area contributed by atoms with Crippen LogP contribution in [0.15, 0.2) is 73.1 Å². The van der Waals surface area contributed by atoms with Crippen LogP contribution in [0.2, 0.25) is 0 Å². The van der Waals surface area contributed by atoms with Crippen LogP contribution in [-0.2, 0) is 20.7 Å². The highest BCUT2D eigenvalue weighted by Crippen LogP contribution is 2.16. The Morgan fingerprint density at radius 3 is 2.26 bits per heavy atom. The SMILES string of the molecule is COC(=O)COc1ccc(NC(=O)Cc2ccc(-n3cccc3)cc2)cc1. The quantitative estimate of drug-likeness (QED) is 0.654. The maximum Gasteiger partial charge on any atom is 0.343 e. The number of benzene rings is 2. The van der Waals surface area contributed by atoms with Crippen LogP contribution < -0.4 is 10.1 Å².